The van der Waals surface area contributed by atoms with Gasteiger partial charge >= 0.3 is 5.97 Å². The third kappa shape index (κ3) is 4.36. The van der Waals surface area contributed by atoms with Crippen molar-refractivity contribution in [2.24, 2.45) is 0 Å². The van der Waals surface area contributed by atoms with E-state index < -0.39 is 11.9 Å². The maximum atomic E-state index is 12.9. The normalized spacial score (nSPS) is 15.0. The van der Waals surface area contributed by atoms with Gasteiger partial charge in [0.15, 0.2) is 11.5 Å². The Balaban J connectivity index is 1.61. The van der Waals surface area contributed by atoms with Crippen molar-refractivity contribution in [2.75, 3.05) is 18.7 Å². The minimum absolute atomic E-state index is 0.108. The quantitative estimate of drug-likeness (QED) is 0.656. The Hall–Kier alpha value is -3.07. The fourth-order valence-corrected chi connectivity index (χ4v) is 4.89. The molecule has 1 aliphatic carbocycles. The maximum Gasteiger partial charge on any atom is 0.341 e. The molecule has 1 saturated carbocycles. The van der Waals surface area contributed by atoms with Gasteiger partial charge in [0.1, 0.15) is 5.00 Å². The van der Waals surface area contributed by atoms with Gasteiger partial charge in [-0.3, -0.25) is 9.59 Å². The van der Waals surface area contributed by atoms with Gasteiger partial charge < -0.3 is 24.8 Å². The zero-order valence-electron chi connectivity index (χ0n) is 17.4. The lowest BCUT2D eigenvalue weighted by molar-refractivity contribution is 0.0527. The summed E-state index contributed by atoms with van der Waals surface area (Å²) in [5.41, 5.74) is 1.06. The molecule has 0 spiro atoms. The van der Waals surface area contributed by atoms with Crippen LogP contribution in [0.25, 0.3) is 0 Å². The molecule has 1 aliphatic heterocycles. The first-order valence-corrected chi connectivity index (χ1v) is 11.1. The summed E-state index contributed by atoms with van der Waals surface area (Å²) in [6.07, 6.45) is 4.10. The fraction of sp³-hybridized carbons (Fsp3) is 0.409. The van der Waals surface area contributed by atoms with Crippen LogP contribution in [0.15, 0.2) is 18.2 Å². The third-order valence-corrected chi connectivity index (χ3v) is 6.59. The van der Waals surface area contributed by atoms with Gasteiger partial charge in [0.2, 0.25) is 6.79 Å². The molecule has 9 heteroatoms. The number of nitrogens with one attached hydrogen (secondary N) is 2. The van der Waals surface area contributed by atoms with Crippen LogP contribution >= 0.6 is 11.3 Å². The standard InChI is InChI=1S/C22H24N2O6S/c1-3-28-22(27)17-12(2)18(20(26)23-14-6-4-5-7-14)31-21(17)24-19(25)13-8-9-15-16(10-13)30-11-29-15/h8-10,14H,3-7,11H2,1-2H3,(H,23,26)(H,24,25). The summed E-state index contributed by atoms with van der Waals surface area (Å²) in [5, 5.41) is 6.09. The van der Waals surface area contributed by atoms with Crippen LogP contribution in [-0.2, 0) is 4.74 Å². The summed E-state index contributed by atoms with van der Waals surface area (Å²) in [6, 6.07) is 4.99. The molecule has 2 aromatic rings. The van der Waals surface area contributed by atoms with E-state index in [-0.39, 0.29) is 35.9 Å². The van der Waals surface area contributed by atoms with E-state index in [0.717, 1.165) is 37.0 Å². The SMILES string of the molecule is CCOC(=O)c1c(NC(=O)c2ccc3c(c2)OCO3)sc(C(=O)NC2CCCC2)c1C. The van der Waals surface area contributed by atoms with Crippen LogP contribution in [0.4, 0.5) is 5.00 Å². The van der Waals surface area contributed by atoms with Crippen molar-refractivity contribution in [3.63, 3.8) is 0 Å². The maximum absolute atomic E-state index is 12.9. The van der Waals surface area contributed by atoms with Gasteiger partial charge in [0, 0.05) is 11.6 Å². The van der Waals surface area contributed by atoms with Gasteiger partial charge in [-0.05, 0) is 50.5 Å². The fourth-order valence-electron chi connectivity index (χ4n) is 3.80. The molecule has 2 N–H and O–H groups in total. The van der Waals surface area contributed by atoms with Crippen molar-refractivity contribution in [3.8, 4) is 11.5 Å². The number of thiophene rings is 1. The van der Waals surface area contributed by atoms with Gasteiger partial charge in [-0.2, -0.15) is 0 Å². The lowest BCUT2D eigenvalue weighted by atomic mass is 10.1. The van der Waals surface area contributed by atoms with Crippen LogP contribution in [0.2, 0.25) is 0 Å². The second-order valence-electron chi connectivity index (χ2n) is 7.46. The van der Waals surface area contributed by atoms with Crippen molar-refractivity contribution < 1.29 is 28.6 Å². The number of benzene rings is 1. The lowest BCUT2D eigenvalue weighted by Gasteiger charge is -2.11. The molecule has 1 fully saturated rings. The highest BCUT2D eigenvalue weighted by atomic mass is 32.1. The molecule has 164 valence electrons. The number of esters is 1. The summed E-state index contributed by atoms with van der Waals surface area (Å²) in [7, 11) is 0. The zero-order chi connectivity index (χ0) is 22.0. The van der Waals surface area contributed by atoms with Crippen molar-refractivity contribution >= 4 is 34.1 Å². The molecule has 0 bridgehead atoms. The minimum Gasteiger partial charge on any atom is -0.462 e. The zero-order valence-corrected chi connectivity index (χ0v) is 18.2. The van der Waals surface area contributed by atoms with E-state index in [2.05, 4.69) is 10.6 Å². The van der Waals surface area contributed by atoms with Crippen molar-refractivity contribution in [2.45, 2.75) is 45.6 Å². The number of carbonyl (C=O) groups is 3. The van der Waals surface area contributed by atoms with Gasteiger partial charge in [0.05, 0.1) is 17.0 Å². The number of amides is 2. The van der Waals surface area contributed by atoms with Gasteiger partial charge in [-0.1, -0.05) is 12.8 Å². The molecule has 0 unspecified atom stereocenters. The Bertz CT molecular complexity index is 1030. The first-order valence-electron chi connectivity index (χ1n) is 10.3. The van der Waals surface area contributed by atoms with E-state index in [9.17, 15) is 14.4 Å². The molecular weight excluding hydrogens is 420 g/mol. The van der Waals surface area contributed by atoms with Gasteiger partial charge in [-0.15, -0.1) is 11.3 Å². The second kappa shape index (κ2) is 8.97. The van der Waals surface area contributed by atoms with Crippen molar-refractivity contribution in [1.29, 1.82) is 0 Å². The molecule has 2 amide bonds. The molecule has 0 radical (unpaired) electrons. The van der Waals surface area contributed by atoms with Crippen molar-refractivity contribution in [1.82, 2.24) is 5.32 Å². The highest BCUT2D eigenvalue weighted by Crippen LogP contribution is 2.36. The summed E-state index contributed by atoms with van der Waals surface area (Å²) in [6.45, 7) is 3.70. The first kappa shape index (κ1) is 21.2. The van der Waals surface area contributed by atoms with Crippen LogP contribution in [0.1, 0.15) is 68.6 Å². The molecule has 8 nitrogen and oxygen atoms in total. The molecule has 0 saturated heterocycles. The van der Waals surface area contributed by atoms with Crippen LogP contribution < -0.4 is 20.1 Å². The Morgan fingerprint density at radius 1 is 1.13 bits per heavy atom. The predicted octanol–water partition coefficient (Wildman–Crippen LogP) is 3.89. The molecule has 1 aromatic heterocycles. The number of anilines is 1. The number of hydrogen-bond acceptors (Lipinski definition) is 7. The van der Waals surface area contributed by atoms with Crippen molar-refractivity contribution in [3.05, 3.63) is 39.8 Å². The Labute approximate surface area is 183 Å². The van der Waals surface area contributed by atoms with E-state index in [4.69, 9.17) is 14.2 Å². The van der Waals surface area contributed by atoms with Crippen LogP contribution in [0.5, 0.6) is 11.5 Å². The summed E-state index contributed by atoms with van der Waals surface area (Å²) >= 11 is 1.08. The molecule has 2 aliphatic rings. The molecule has 31 heavy (non-hydrogen) atoms. The summed E-state index contributed by atoms with van der Waals surface area (Å²) in [4.78, 5) is 38.7. The Kier molecular flexibility index (Phi) is 6.13. The second-order valence-corrected chi connectivity index (χ2v) is 8.48. The highest BCUT2D eigenvalue weighted by Gasteiger charge is 2.28. The minimum atomic E-state index is -0.572. The molecule has 1 aromatic carbocycles. The molecule has 2 heterocycles. The predicted molar refractivity (Wildman–Crippen MR) is 115 cm³/mol. The number of ether oxygens (including phenoxy) is 3. The Morgan fingerprint density at radius 2 is 1.87 bits per heavy atom. The van der Waals surface area contributed by atoms with Gasteiger partial charge in [-0.25, -0.2) is 4.79 Å². The molecule has 0 atom stereocenters. The summed E-state index contributed by atoms with van der Waals surface area (Å²) in [5.74, 6) is -0.174. The molecule has 4 rings (SSSR count). The number of fused-ring (bicyclic) bond motifs is 1. The van der Waals surface area contributed by atoms with Crippen LogP contribution in [0.3, 0.4) is 0 Å². The summed E-state index contributed by atoms with van der Waals surface area (Å²) < 4.78 is 15.8. The average molecular weight is 445 g/mol. The largest absolute Gasteiger partial charge is 0.462 e. The monoisotopic (exact) mass is 444 g/mol. The highest BCUT2D eigenvalue weighted by molar-refractivity contribution is 7.18. The van der Waals surface area contributed by atoms with E-state index in [0.29, 0.717) is 27.5 Å². The number of carbonyl (C=O) groups excluding carboxylic acids is 3. The van der Waals surface area contributed by atoms with E-state index in [1.807, 2.05) is 0 Å². The van der Waals surface area contributed by atoms with E-state index in [1.54, 1.807) is 32.0 Å². The number of hydrogen-bond donors (Lipinski definition) is 2. The smallest absolute Gasteiger partial charge is 0.341 e. The molecular formula is C22H24N2O6S. The van der Waals surface area contributed by atoms with E-state index in [1.165, 1.54) is 0 Å². The first-order chi connectivity index (χ1) is 15.0. The van der Waals surface area contributed by atoms with Crippen LogP contribution in [0, 0.1) is 6.92 Å². The Morgan fingerprint density at radius 3 is 2.61 bits per heavy atom. The van der Waals surface area contributed by atoms with Gasteiger partial charge in [0.25, 0.3) is 11.8 Å². The lowest BCUT2D eigenvalue weighted by Crippen LogP contribution is -2.32. The number of rotatable bonds is 6. The van der Waals surface area contributed by atoms with E-state index >= 15 is 0 Å². The average Bonchev–Trinajstić information content (AvgIpc) is 3.48. The van der Waals surface area contributed by atoms with Crippen LogP contribution in [-0.4, -0.2) is 37.2 Å². The third-order valence-electron chi connectivity index (χ3n) is 5.38. The topological polar surface area (TPSA) is 103 Å².